The number of hydrogen-bond donors (Lipinski definition) is 0. The molecule has 1 aliphatic heterocycles. The number of rotatable bonds is 13. The molecule has 3 rings (SSSR count). The van der Waals surface area contributed by atoms with Gasteiger partial charge in [0.25, 0.3) is 8.53 Å². The molecular weight excluding hydrogens is 805 g/mol. The number of anilines is 1. The Balaban J connectivity index is 2.24. The van der Waals surface area contributed by atoms with Crippen LogP contribution in [0.15, 0.2) is 12.7 Å². The molecule has 2 amide bonds. The third-order valence-corrected chi connectivity index (χ3v) is 9.59. The predicted molar refractivity (Wildman–Crippen MR) is 218 cm³/mol. The Hall–Kier alpha value is -4.41. The highest BCUT2D eigenvalue weighted by Crippen LogP contribution is 2.47. The topological polar surface area (TPSA) is 225 Å². The molecule has 21 heteroatoms. The maximum atomic E-state index is 13.6. The Morgan fingerprint density at radius 2 is 1.27 bits per heavy atom. The van der Waals surface area contributed by atoms with Crippen molar-refractivity contribution >= 4 is 50.0 Å². The highest BCUT2D eigenvalue weighted by atomic mass is 31.2. The zero-order valence-corrected chi connectivity index (χ0v) is 38.5. The van der Waals surface area contributed by atoms with Crippen LogP contribution in [-0.2, 0) is 42.2 Å². The summed E-state index contributed by atoms with van der Waals surface area (Å²) in [6, 6.07) is 1.98. The molecule has 1 aliphatic rings. The number of amides is 2. The van der Waals surface area contributed by atoms with Crippen LogP contribution in [0.3, 0.4) is 0 Å². The van der Waals surface area contributed by atoms with Crippen molar-refractivity contribution in [2.75, 3.05) is 18.1 Å². The van der Waals surface area contributed by atoms with E-state index in [0.717, 1.165) is 6.33 Å². The van der Waals surface area contributed by atoms with Crippen LogP contribution in [0, 0.1) is 11.3 Å². The lowest BCUT2D eigenvalue weighted by Gasteiger charge is -2.36. The Labute approximate surface area is 353 Å². The van der Waals surface area contributed by atoms with Crippen molar-refractivity contribution < 1.29 is 61.4 Å². The summed E-state index contributed by atoms with van der Waals surface area (Å²) in [7, 11) is -1.81. The molecule has 5 unspecified atom stereocenters. The monoisotopic (exact) mass is 867 g/mol. The summed E-state index contributed by atoms with van der Waals surface area (Å²) >= 11 is 0. The summed E-state index contributed by atoms with van der Waals surface area (Å²) in [6.07, 6.45) is -7.33. The van der Waals surface area contributed by atoms with Gasteiger partial charge < -0.3 is 42.2 Å². The van der Waals surface area contributed by atoms with Gasteiger partial charge in [-0.15, -0.1) is 0 Å². The van der Waals surface area contributed by atoms with Crippen LogP contribution >= 0.6 is 8.53 Å². The Kier molecular flexibility index (Phi) is 16.6. The second-order valence-electron chi connectivity index (χ2n) is 18.3. The van der Waals surface area contributed by atoms with E-state index in [1.807, 2.05) is 32.4 Å². The number of aromatic nitrogens is 4. The van der Waals surface area contributed by atoms with E-state index in [4.69, 9.17) is 42.2 Å². The van der Waals surface area contributed by atoms with E-state index in [0.29, 0.717) is 4.90 Å². The van der Waals surface area contributed by atoms with Crippen molar-refractivity contribution in [2.45, 2.75) is 176 Å². The van der Waals surface area contributed by atoms with Crippen LogP contribution in [0.4, 0.5) is 25.0 Å². The van der Waals surface area contributed by atoms with Crippen molar-refractivity contribution in [1.29, 1.82) is 5.26 Å². The summed E-state index contributed by atoms with van der Waals surface area (Å²) < 4.78 is 56.4. The molecular formula is C39H62N7O13P. The van der Waals surface area contributed by atoms with Crippen molar-refractivity contribution in [3.8, 4) is 6.07 Å². The highest BCUT2D eigenvalue weighted by molar-refractivity contribution is 7.44. The van der Waals surface area contributed by atoms with E-state index < -0.39 is 80.0 Å². The lowest BCUT2D eigenvalue weighted by molar-refractivity contribution is -0.0868. The van der Waals surface area contributed by atoms with Crippen LogP contribution in [0.25, 0.3) is 11.2 Å². The van der Waals surface area contributed by atoms with Crippen LogP contribution in [0.1, 0.15) is 123 Å². The zero-order valence-electron chi connectivity index (χ0n) is 37.6. The molecule has 2 aromatic heterocycles. The number of hydrogen-bond acceptors (Lipinski definition) is 18. The van der Waals surface area contributed by atoms with Gasteiger partial charge in [0.2, 0.25) is 0 Å². The molecule has 1 fully saturated rings. The first-order valence-electron chi connectivity index (χ1n) is 19.6. The number of imidazole rings is 1. The van der Waals surface area contributed by atoms with Gasteiger partial charge in [-0.05, 0) is 111 Å². The largest absolute Gasteiger partial charge is 0.509 e. The highest BCUT2D eigenvalue weighted by Gasteiger charge is 2.53. The fourth-order valence-electron chi connectivity index (χ4n) is 5.61. The molecule has 2 aromatic rings. The van der Waals surface area contributed by atoms with Crippen LogP contribution in [0.2, 0.25) is 0 Å². The average molecular weight is 868 g/mol. The van der Waals surface area contributed by atoms with Crippen molar-refractivity contribution in [1.82, 2.24) is 24.2 Å². The third-order valence-electron chi connectivity index (χ3n) is 7.52. The molecule has 1 saturated heterocycles. The van der Waals surface area contributed by atoms with E-state index >= 15 is 0 Å². The van der Waals surface area contributed by atoms with Gasteiger partial charge in [-0.1, -0.05) is 0 Å². The molecule has 0 aromatic carbocycles. The van der Waals surface area contributed by atoms with E-state index in [1.165, 1.54) is 10.9 Å². The van der Waals surface area contributed by atoms with Crippen LogP contribution in [0.5, 0.6) is 0 Å². The molecule has 3 heterocycles. The van der Waals surface area contributed by atoms with Gasteiger partial charge in [0.1, 0.15) is 34.8 Å². The first-order valence-corrected chi connectivity index (χ1v) is 20.7. The van der Waals surface area contributed by atoms with E-state index in [1.54, 1.807) is 83.1 Å². The molecule has 0 aliphatic carbocycles. The molecule has 0 radical (unpaired) electrons. The second-order valence-corrected chi connectivity index (χ2v) is 19.8. The van der Waals surface area contributed by atoms with Gasteiger partial charge in [-0.2, -0.15) is 10.2 Å². The normalized spacial score (nSPS) is 19.2. The van der Waals surface area contributed by atoms with E-state index in [9.17, 15) is 24.4 Å². The van der Waals surface area contributed by atoms with Crippen LogP contribution in [-0.4, -0.2) is 115 Å². The SMILES string of the molecule is CC(C)N(C(C)C)P(OCCC#N)OCC1OC(n2cnc3c(N(C(=O)OC(C)(C)C)C(=O)OC(C)(C)C)ncnc32)C(OC(=O)OC(C)(C)C)C1OC(=O)OC(C)(C)C. The van der Waals surface area contributed by atoms with Gasteiger partial charge in [0, 0.05) is 12.1 Å². The standard InChI is InChI=1S/C39H62N7O13P/c1-23(2)46(24(3)4)60(51-19-17-18-40)52-20-25-27(54-34(49)58-38(11,12)13)28(55-35(50)59-39(14,15)16)31(53-25)44-22-43-26-29(44)41-21-42-30(26)45(32(47)56-36(5,6)7)33(48)57-37(8,9)10/h21-25,27-28,31H,17,19-20H2,1-16H3. The minimum absolute atomic E-state index is 0.00497. The Morgan fingerprint density at radius 1 is 0.767 bits per heavy atom. The summed E-state index contributed by atoms with van der Waals surface area (Å²) in [5.41, 5.74) is -4.06. The van der Waals surface area contributed by atoms with Gasteiger partial charge in [0.15, 0.2) is 35.4 Å². The average Bonchev–Trinajstić information content (AvgIpc) is 3.61. The first-order chi connectivity index (χ1) is 27.5. The molecule has 0 spiro atoms. The number of ether oxygens (including phenoxy) is 7. The minimum Gasteiger partial charge on any atom is -0.443 e. The van der Waals surface area contributed by atoms with Crippen LogP contribution < -0.4 is 4.90 Å². The maximum Gasteiger partial charge on any atom is 0.509 e. The lowest BCUT2D eigenvalue weighted by Crippen LogP contribution is -2.44. The number of carbonyl (C=O) groups excluding carboxylic acids is 4. The number of fused-ring (bicyclic) bond motifs is 1. The molecule has 20 nitrogen and oxygen atoms in total. The molecule has 0 saturated carbocycles. The number of nitriles is 1. The molecule has 0 bridgehead atoms. The van der Waals surface area contributed by atoms with Gasteiger partial charge in [-0.3, -0.25) is 4.57 Å². The predicted octanol–water partition coefficient (Wildman–Crippen LogP) is 8.33. The number of nitrogens with zero attached hydrogens (tertiary/aromatic N) is 7. The van der Waals surface area contributed by atoms with Crippen molar-refractivity contribution in [3.05, 3.63) is 12.7 Å². The first kappa shape index (κ1) is 49.9. The van der Waals surface area contributed by atoms with E-state index in [-0.39, 0.29) is 48.7 Å². The van der Waals surface area contributed by atoms with E-state index in [2.05, 4.69) is 21.0 Å². The Bertz CT molecular complexity index is 1800. The molecule has 60 heavy (non-hydrogen) atoms. The third kappa shape index (κ3) is 14.6. The number of imide groups is 1. The molecule has 5 atom stereocenters. The van der Waals surface area contributed by atoms with Gasteiger partial charge in [-0.25, -0.2) is 38.8 Å². The fourth-order valence-corrected chi connectivity index (χ4v) is 7.22. The van der Waals surface area contributed by atoms with Gasteiger partial charge >= 0.3 is 24.5 Å². The smallest absolute Gasteiger partial charge is 0.443 e. The minimum atomic E-state index is -1.81. The Morgan fingerprint density at radius 3 is 1.73 bits per heavy atom. The van der Waals surface area contributed by atoms with Crippen molar-refractivity contribution in [2.24, 2.45) is 0 Å². The summed E-state index contributed by atoms with van der Waals surface area (Å²) in [5.74, 6) is -0.283. The van der Waals surface area contributed by atoms with Crippen molar-refractivity contribution in [3.63, 3.8) is 0 Å². The molecule has 0 N–H and O–H groups in total. The summed E-state index contributed by atoms with van der Waals surface area (Å²) in [4.78, 5) is 67.7. The summed E-state index contributed by atoms with van der Waals surface area (Å²) in [5, 5.41) is 9.22. The summed E-state index contributed by atoms with van der Waals surface area (Å²) in [6.45, 7) is 27.4. The fraction of sp³-hybridized carbons (Fsp3) is 0.744. The van der Waals surface area contributed by atoms with Gasteiger partial charge in [0.05, 0.1) is 32.0 Å². The molecule has 336 valence electrons. The lowest BCUT2D eigenvalue weighted by atomic mass is 10.1. The number of carbonyl (C=O) groups is 4. The quantitative estimate of drug-likeness (QED) is 0.0798. The zero-order chi connectivity index (χ0) is 45.5. The maximum absolute atomic E-state index is 13.6. The second kappa shape index (κ2) is 20.0.